The molecule has 0 radical (unpaired) electrons. The highest BCUT2D eigenvalue weighted by molar-refractivity contribution is 5.41. The monoisotopic (exact) mass is 268 g/mol. The van der Waals surface area contributed by atoms with Crippen LogP contribution in [0.1, 0.15) is 40.7 Å². The van der Waals surface area contributed by atoms with Gasteiger partial charge in [0.2, 0.25) is 0 Å². The molecule has 20 heavy (non-hydrogen) atoms. The van der Waals surface area contributed by atoms with Crippen molar-refractivity contribution in [2.45, 2.75) is 31.8 Å². The minimum atomic E-state index is -0.440. The van der Waals surface area contributed by atoms with E-state index in [4.69, 9.17) is 4.74 Å². The van der Waals surface area contributed by atoms with Gasteiger partial charge in [-0.25, -0.2) is 0 Å². The average molecular weight is 268 g/mol. The number of methoxy groups -OCH3 is 1. The molecule has 1 N–H and O–H groups in total. The average Bonchev–Trinajstić information content (AvgIpc) is 2.90. The molecule has 0 saturated carbocycles. The Labute approximate surface area is 120 Å². The van der Waals surface area contributed by atoms with E-state index in [2.05, 4.69) is 24.3 Å². The van der Waals surface area contributed by atoms with E-state index in [1.54, 1.807) is 7.11 Å². The summed E-state index contributed by atoms with van der Waals surface area (Å²) in [6, 6.07) is 14.3. The van der Waals surface area contributed by atoms with Crippen molar-refractivity contribution in [3.05, 3.63) is 64.7 Å². The largest absolute Gasteiger partial charge is 0.497 e. The summed E-state index contributed by atoms with van der Waals surface area (Å²) in [5, 5.41) is 10.8. The topological polar surface area (TPSA) is 29.5 Å². The molecule has 2 nitrogen and oxygen atoms in total. The second-order valence-corrected chi connectivity index (χ2v) is 5.51. The van der Waals surface area contributed by atoms with E-state index in [1.807, 2.05) is 25.1 Å². The summed E-state index contributed by atoms with van der Waals surface area (Å²) in [5.41, 5.74) is 4.77. The van der Waals surface area contributed by atoms with Crippen LogP contribution in [-0.2, 0) is 6.42 Å². The molecule has 2 heteroatoms. The van der Waals surface area contributed by atoms with Crippen molar-refractivity contribution in [2.75, 3.05) is 7.11 Å². The van der Waals surface area contributed by atoms with Crippen LogP contribution in [0, 0.1) is 6.92 Å². The predicted octanol–water partition coefficient (Wildman–Crippen LogP) is 3.77. The molecule has 104 valence electrons. The number of aryl methyl sites for hydroxylation is 2. The zero-order valence-corrected chi connectivity index (χ0v) is 12.0. The van der Waals surface area contributed by atoms with Gasteiger partial charge in [0.15, 0.2) is 0 Å². The Morgan fingerprint density at radius 1 is 1.20 bits per heavy atom. The van der Waals surface area contributed by atoms with Gasteiger partial charge in [-0.1, -0.05) is 30.3 Å². The summed E-state index contributed by atoms with van der Waals surface area (Å²) in [6.07, 6.45) is 1.64. The second-order valence-electron chi connectivity index (χ2n) is 5.51. The minimum absolute atomic E-state index is 0.207. The zero-order valence-electron chi connectivity index (χ0n) is 12.0. The molecule has 2 atom stereocenters. The first-order valence-electron chi connectivity index (χ1n) is 7.11. The maximum absolute atomic E-state index is 10.8. The van der Waals surface area contributed by atoms with Crippen molar-refractivity contribution < 1.29 is 9.84 Å². The molecule has 0 aliphatic heterocycles. The maximum Gasteiger partial charge on any atom is 0.119 e. The second kappa shape index (κ2) is 5.29. The molecule has 0 spiro atoms. The van der Waals surface area contributed by atoms with E-state index < -0.39 is 6.10 Å². The molecular formula is C18H20O2. The van der Waals surface area contributed by atoms with Crippen LogP contribution < -0.4 is 4.74 Å². The highest BCUT2D eigenvalue weighted by Gasteiger charge is 2.29. The Morgan fingerprint density at radius 3 is 2.75 bits per heavy atom. The molecule has 0 bridgehead atoms. The minimum Gasteiger partial charge on any atom is -0.497 e. The Kier molecular flexibility index (Phi) is 3.49. The van der Waals surface area contributed by atoms with Gasteiger partial charge in [-0.15, -0.1) is 0 Å². The Hall–Kier alpha value is -1.80. The Morgan fingerprint density at radius 2 is 2.00 bits per heavy atom. The molecule has 1 aliphatic rings. The molecule has 0 aromatic heterocycles. The maximum atomic E-state index is 10.8. The van der Waals surface area contributed by atoms with Gasteiger partial charge in [0.05, 0.1) is 13.2 Å². The number of benzene rings is 2. The van der Waals surface area contributed by atoms with Crippen molar-refractivity contribution >= 4 is 0 Å². The highest BCUT2D eigenvalue weighted by Crippen LogP contribution is 2.42. The lowest BCUT2D eigenvalue weighted by atomic mass is 9.88. The fourth-order valence-corrected chi connectivity index (χ4v) is 3.24. The molecule has 0 heterocycles. The molecule has 2 unspecified atom stereocenters. The molecule has 1 aliphatic carbocycles. The Balaban J connectivity index is 1.92. The third-order valence-electron chi connectivity index (χ3n) is 4.36. The molecule has 3 rings (SSSR count). The number of fused-ring (bicyclic) bond motifs is 1. The van der Waals surface area contributed by atoms with Gasteiger partial charge in [0.25, 0.3) is 0 Å². The molecule has 0 saturated heterocycles. The van der Waals surface area contributed by atoms with E-state index in [0.29, 0.717) is 0 Å². The van der Waals surface area contributed by atoms with E-state index in [-0.39, 0.29) is 5.92 Å². The van der Waals surface area contributed by atoms with E-state index in [0.717, 1.165) is 29.7 Å². The van der Waals surface area contributed by atoms with Crippen molar-refractivity contribution in [3.8, 4) is 5.75 Å². The van der Waals surface area contributed by atoms with Gasteiger partial charge in [0, 0.05) is 5.92 Å². The van der Waals surface area contributed by atoms with Crippen molar-refractivity contribution in [2.24, 2.45) is 0 Å². The summed E-state index contributed by atoms with van der Waals surface area (Å²) >= 11 is 0. The SMILES string of the molecule is COc1ccc(C(O)C2CCc3ccccc32)c(C)c1. The number of rotatable bonds is 3. The summed E-state index contributed by atoms with van der Waals surface area (Å²) in [4.78, 5) is 0. The van der Waals surface area contributed by atoms with Gasteiger partial charge in [-0.05, 0) is 54.2 Å². The molecule has 0 amide bonds. The van der Waals surface area contributed by atoms with Crippen molar-refractivity contribution in [1.29, 1.82) is 0 Å². The van der Waals surface area contributed by atoms with Crippen LogP contribution in [0.25, 0.3) is 0 Å². The molecule has 2 aromatic carbocycles. The highest BCUT2D eigenvalue weighted by atomic mass is 16.5. The summed E-state index contributed by atoms with van der Waals surface area (Å²) in [7, 11) is 1.66. The lowest BCUT2D eigenvalue weighted by Gasteiger charge is -2.21. The first-order valence-corrected chi connectivity index (χ1v) is 7.11. The fraction of sp³-hybridized carbons (Fsp3) is 0.333. The van der Waals surface area contributed by atoms with E-state index in [1.165, 1.54) is 11.1 Å². The summed E-state index contributed by atoms with van der Waals surface area (Å²) in [6.45, 7) is 2.03. The van der Waals surface area contributed by atoms with Crippen molar-refractivity contribution in [3.63, 3.8) is 0 Å². The number of ether oxygens (including phenoxy) is 1. The lowest BCUT2D eigenvalue weighted by molar-refractivity contribution is 0.144. The summed E-state index contributed by atoms with van der Waals surface area (Å²) in [5.74, 6) is 1.04. The first kappa shape index (κ1) is 13.2. The van der Waals surface area contributed by atoms with Gasteiger partial charge < -0.3 is 9.84 Å². The smallest absolute Gasteiger partial charge is 0.119 e. The number of aliphatic hydroxyl groups excluding tert-OH is 1. The van der Waals surface area contributed by atoms with E-state index in [9.17, 15) is 5.11 Å². The van der Waals surface area contributed by atoms with Gasteiger partial charge >= 0.3 is 0 Å². The van der Waals surface area contributed by atoms with Gasteiger partial charge in [-0.2, -0.15) is 0 Å². The van der Waals surface area contributed by atoms with Crippen LogP contribution in [0.2, 0.25) is 0 Å². The summed E-state index contributed by atoms with van der Waals surface area (Å²) < 4.78 is 5.23. The number of hydrogen-bond donors (Lipinski definition) is 1. The standard InChI is InChI=1S/C18H20O2/c1-12-11-14(20-2)8-10-15(12)18(19)17-9-7-13-5-3-4-6-16(13)17/h3-6,8,10-11,17-19H,7,9H2,1-2H3. The molecule has 2 aromatic rings. The lowest BCUT2D eigenvalue weighted by Crippen LogP contribution is -2.09. The van der Waals surface area contributed by atoms with Crippen LogP contribution in [-0.4, -0.2) is 12.2 Å². The van der Waals surface area contributed by atoms with Crippen LogP contribution in [0.15, 0.2) is 42.5 Å². The van der Waals surface area contributed by atoms with Crippen LogP contribution in [0.4, 0.5) is 0 Å². The number of aliphatic hydroxyl groups is 1. The first-order chi connectivity index (χ1) is 9.70. The van der Waals surface area contributed by atoms with E-state index >= 15 is 0 Å². The number of hydrogen-bond acceptors (Lipinski definition) is 2. The third-order valence-corrected chi connectivity index (χ3v) is 4.36. The normalized spacial score (nSPS) is 18.6. The zero-order chi connectivity index (χ0) is 14.1. The molecular weight excluding hydrogens is 248 g/mol. The van der Waals surface area contributed by atoms with Crippen LogP contribution >= 0.6 is 0 Å². The molecule has 0 fully saturated rings. The van der Waals surface area contributed by atoms with Crippen molar-refractivity contribution in [1.82, 2.24) is 0 Å². The predicted molar refractivity (Wildman–Crippen MR) is 80.2 cm³/mol. The van der Waals surface area contributed by atoms with Gasteiger partial charge in [0.1, 0.15) is 5.75 Å². The third kappa shape index (κ3) is 2.20. The fourth-order valence-electron chi connectivity index (χ4n) is 3.24. The van der Waals surface area contributed by atoms with Gasteiger partial charge in [-0.3, -0.25) is 0 Å². The Bertz CT molecular complexity index is 619. The quantitative estimate of drug-likeness (QED) is 0.918. The van der Waals surface area contributed by atoms with Crippen LogP contribution in [0.3, 0.4) is 0 Å². The van der Waals surface area contributed by atoms with Crippen LogP contribution in [0.5, 0.6) is 5.75 Å².